The lowest BCUT2D eigenvalue weighted by molar-refractivity contribution is -0.0158. The quantitative estimate of drug-likeness (QED) is 0.912. The van der Waals surface area contributed by atoms with Gasteiger partial charge in [0.1, 0.15) is 5.76 Å². The van der Waals surface area contributed by atoms with Crippen LogP contribution in [0.15, 0.2) is 10.6 Å². The fourth-order valence-corrected chi connectivity index (χ4v) is 5.38. The average Bonchev–Trinajstić information content (AvgIpc) is 2.86. The Morgan fingerprint density at radius 3 is 2.20 bits per heavy atom. The van der Waals surface area contributed by atoms with E-state index in [-0.39, 0.29) is 6.04 Å². The highest BCUT2D eigenvalue weighted by Crippen LogP contribution is 2.60. The van der Waals surface area contributed by atoms with Crippen molar-refractivity contribution >= 4 is 0 Å². The zero-order valence-electron chi connectivity index (χ0n) is 12.6. The molecule has 2 N–H and O–H groups in total. The van der Waals surface area contributed by atoms with Gasteiger partial charge < -0.3 is 10.2 Å². The first-order valence-electron chi connectivity index (χ1n) is 8.27. The molecule has 1 heterocycles. The van der Waals surface area contributed by atoms with Gasteiger partial charge in [-0.15, -0.1) is 0 Å². The summed E-state index contributed by atoms with van der Waals surface area (Å²) in [5.41, 5.74) is 6.49. The van der Waals surface area contributed by atoms with Crippen LogP contribution < -0.4 is 5.73 Å². The van der Waals surface area contributed by atoms with Crippen molar-refractivity contribution in [1.29, 1.82) is 0 Å². The van der Waals surface area contributed by atoms with Crippen LogP contribution in [0.4, 0.5) is 0 Å². The number of nitrogens with zero attached hydrogens (tertiary/aromatic N) is 1. The molecule has 5 rings (SSSR count). The van der Waals surface area contributed by atoms with Gasteiger partial charge in [0.15, 0.2) is 0 Å². The van der Waals surface area contributed by atoms with Gasteiger partial charge in [0, 0.05) is 5.41 Å². The second-order valence-corrected chi connectivity index (χ2v) is 8.03. The van der Waals surface area contributed by atoms with Crippen molar-refractivity contribution < 1.29 is 4.42 Å². The van der Waals surface area contributed by atoms with Gasteiger partial charge in [-0.25, -0.2) is 4.98 Å². The summed E-state index contributed by atoms with van der Waals surface area (Å²) in [4.78, 5) is 4.50. The van der Waals surface area contributed by atoms with Crippen molar-refractivity contribution in [3.8, 4) is 0 Å². The van der Waals surface area contributed by atoms with Crippen molar-refractivity contribution in [3.05, 3.63) is 17.8 Å². The molecule has 1 aromatic heterocycles. The smallest absolute Gasteiger partial charge is 0.211 e. The van der Waals surface area contributed by atoms with Gasteiger partial charge in [0.2, 0.25) is 5.89 Å². The van der Waals surface area contributed by atoms with Gasteiger partial charge >= 0.3 is 0 Å². The van der Waals surface area contributed by atoms with Gasteiger partial charge in [-0.1, -0.05) is 13.8 Å². The molecule has 3 nitrogen and oxygen atoms in total. The van der Waals surface area contributed by atoms with Crippen LogP contribution in [0, 0.1) is 23.7 Å². The summed E-state index contributed by atoms with van der Waals surface area (Å²) < 4.78 is 6.16. The number of hydrogen-bond donors (Lipinski definition) is 1. The largest absolute Gasteiger partial charge is 0.443 e. The van der Waals surface area contributed by atoms with E-state index in [0.717, 1.165) is 29.4 Å². The number of nitrogens with two attached hydrogens (primary N) is 1. The molecule has 3 heteroatoms. The number of oxazole rings is 1. The lowest BCUT2D eigenvalue weighted by Gasteiger charge is -2.55. The van der Waals surface area contributed by atoms with E-state index in [1.165, 1.54) is 38.5 Å². The highest BCUT2D eigenvalue weighted by atomic mass is 16.4. The van der Waals surface area contributed by atoms with E-state index >= 15 is 0 Å². The molecule has 4 aliphatic rings. The third-order valence-electron chi connectivity index (χ3n) is 6.09. The van der Waals surface area contributed by atoms with Gasteiger partial charge in [-0.05, 0) is 62.2 Å². The first-order chi connectivity index (χ1) is 9.56. The molecule has 0 saturated heterocycles. The van der Waals surface area contributed by atoms with Crippen molar-refractivity contribution in [2.45, 2.75) is 63.8 Å². The van der Waals surface area contributed by atoms with Crippen LogP contribution in [0.2, 0.25) is 0 Å². The second-order valence-electron chi connectivity index (χ2n) is 8.03. The summed E-state index contributed by atoms with van der Waals surface area (Å²) in [5.74, 6) is 5.07. The topological polar surface area (TPSA) is 52.0 Å². The van der Waals surface area contributed by atoms with Crippen LogP contribution in [0.3, 0.4) is 0 Å². The maximum Gasteiger partial charge on any atom is 0.211 e. The Morgan fingerprint density at radius 2 is 1.70 bits per heavy atom. The zero-order chi connectivity index (χ0) is 13.9. The molecule has 110 valence electrons. The maximum absolute atomic E-state index is 6.19. The molecular weight excluding hydrogens is 248 g/mol. The monoisotopic (exact) mass is 274 g/mol. The van der Waals surface area contributed by atoms with Gasteiger partial charge in [-0.3, -0.25) is 0 Å². The Bertz CT molecular complexity index is 470. The van der Waals surface area contributed by atoms with E-state index in [2.05, 4.69) is 18.8 Å². The highest BCUT2D eigenvalue weighted by molar-refractivity contribution is 5.19. The van der Waals surface area contributed by atoms with Gasteiger partial charge in [-0.2, -0.15) is 0 Å². The summed E-state index contributed by atoms with van der Waals surface area (Å²) >= 11 is 0. The molecule has 0 aromatic carbocycles. The minimum Gasteiger partial charge on any atom is -0.443 e. The van der Waals surface area contributed by atoms with Crippen LogP contribution in [0.25, 0.3) is 0 Å². The summed E-state index contributed by atoms with van der Waals surface area (Å²) in [7, 11) is 0. The maximum atomic E-state index is 6.19. The van der Waals surface area contributed by atoms with Gasteiger partial charge in [0.05, 0.1) is 12.2 Å². The molecule has 0 radical (unpaired) electrons. The fraction of sp³-hybridized carbons (Fsp3) is 0.824. The average molecular weight is 274 g/mol. The van der Waals surface area contributed by atoms with Crippen LogP contribution >= 0.6 is 0 Å². The third-order valence-corrected chi connectivity index (χ3v) is 6.09. The Hall–Kier alpha value is -0.830. The fourth-order valence-electron chi connectivity index (χ4n) is 5.38. The molecular formula is C17H26N2O. The Kier molecular flexibility index (Phi) is 2.79. The van der Waals surface area contributed by atoms with Crippen molar-refractivity contribution in [2.75, 3.05) is 0 Å². The van der Waals surface area contributed by atoms with Crippen molar-refractivity contribution in [3.63, 3.8) is 0 Å². The van der Waals surface area contributed by atoms with E-state index in [9.17, 15) is 0 Å². The molecule has 4 aliphatic carbocycles. The van der Waals surface area contributed by atoms with Crippen LogP contribution in [-0.4, -0.2) is 4.98 Å². The first-order valence-corrected chi connectivity index (χ1v) is 8.27. The summed E-state index contributed by atoms with van der Waals surface area (Å²) in [5, 5.41) is 0. The molecule has 4 saturated carbocycles. The van der Waals surface area contributed by atoms with E-state index in [0.29, 0.717) is 11.3 Å². The standard InChI is InChI=1S/C17H26N2O/c1-10(2)15(18)16-19-9-14(20-16)17-6-11-3-12(7-17)5-13(4-11)8-17/h9-13,15H,3-8,18H2,1-2H3. The Balaban J connectivity index is 1.64. The molecule has 0 aliphatic heterocycles. The zero-order valence-corrected chi connectivity index (χ0v) is 12.6. The predicted molar refractivity (Wildman–Crippen MR) is 78.1 cm³/mol. The molecule has 4 fully saturated rings. The number of rotatable bonds is 3. The Labute approximate surface area is 121 Å². The predicted octanol–water partition coefficient (Wildman–Crippen LogP) is 3.80. The lowest BCUT2D eigenvalue weighted by atomic mass is 9.49. The molecule has 0 spiro atoms. The van der Waals surface area contributed by atoms with Crippen molar-refractivity contribution in [2.24, 2.45) is 29.4 Å². The van der Waals surface area contributed by atoms with Crippen LogP contribution in [0.5, 0.6) is 0 Å². The minimum atomic E-state index is -0.0716. The molecule has 1 unspecified atom stereocenters. The second kappa shape index (κ2) is 4.33. The number of hydrogen-bond acceptors (Lipinski definition) is 3. The highest BCUT2D eigenvalue weighted by Gasteiger charge is 2.53. The third kappa shape index (κ3) is 1.86. The number of aromatic nitrogens is 1. The van der Waals surface area contributed by atoms with Crippen molar-refractivity contribution in [1.82, 2.24) is 4.98 Å². The summed E-state index contributed by atoms with van der Waals surface area (Å²) in [6.45, 7) is 4.25. The molecule has 1 aromatic rings. The molecule has 20 heavy (non-hydrogen) atoms. The molecule has 0 amide bonds. The van der Waals surface area contributed by atoms with E-state index in [1.807, 2.05) is 6.20 Å². The minimum absolute atomic E-state index is 0.0716. The lowest BCUT2D eigenvalue weighted by Crippen LogP contribution is -2.48. The van der Waals surface area contributed by atoms with Gasteiger partial charge in [0.25, 0.3) is 0 Å². The van der Waals surface area contributed by atoms with E-state index < -0.39 is 0 Å². The van der Waals surface area contributed by atoms with E-state index in [1.54, 1.807) is 0 Å². The summed E-state index contributed by atoms with van der Waals surface area (Å²) in [6, 6.07) is -0.0716. The Morgan fingerprint density at radius 1 is 1.15 bits per heavy atom. The van der Waals surface area contributed by atoms with Crippen LogP contribution in [0.1, 0.15) is 70.1 Å². The van der Waals surface area contributed by atoms with E-state index in [4.69, 9.17) is 10.2 Å². The normalized spacial score (nSPS) is 40.5. The first kappa shape index (κ1) is 12.9. The van der Waals surface area contributed by atoms with Crippen LogP contribution in [-0.2, 0) is 5.41 Å². The molecule has 4 bridgehead atoms. The summed E-state index contributed by atoms with van der Waals surface area (Å²) in [6.07, 6.45) is 10.4. The molecule has 1 atom stereocenters. The SMILES string of the molecule is CC(C)C(N)c1ncc(C23CC4CC(CC(C4)C2)C3)o1.